The van der Waals surface area contributed by atoms with Crippen LogP contribution >= 0.6 is 0 Å². The van der Waals surface area contributed by atoms with Gasteiger partial charge in [0.2, 0.25) is 5.91 Å². The van der Waals surface area contributed by atoms with E-state index in [9.17, 15) is 9.90 Å². The normalized spacial score (nSPS) is 25.8. The van der Waals surface area contributed by atoms with Crippen LogP contribution in [0.5, 0.6) is 0 Å². The molecule has 1 aliphatic rings. The highest BCUT2D eigenvalue weighted by atomic mass is 16.3. The lowest BCUT2D eigenvalue weighted by Crippen LogP contribution is -2.45. The van der Waals surface area contributed by atoms with Crippen molar-refractivity contribution in [1.82, 2.24) is 15.1 Å². The molecule has 0 radical (unpaired) electrons. The number of aryl methyl sites for hydroxylation is 2. The third kappa shape index (κ3) is 3.84. The van der Waals surface area contributed by atoms with E-state index in [1.54, 1.807) is 0 Å². The molecule has 0 bridgehead atoms. The van der Waals surface area contributed by atoms with Gasteiger partial charge in [0.25, 0.3) is 0 Å². The Balaban J connectivity index is 1.78. The number of hydrogen-bond acceptors (Lipinski definition) is 3. The van der Waals surface area contributed by atoms with Crippen molar-refractivity contribution in [1.29, 1.82) is 0 Å². The van der Waals surface area contributed by atoms with Crippen LogP contribution in [0.4, 0.5) is 0 Å². The number of amides is 1. The van der Waals surface area contributed by atoms with E-state index in [2.05, 4.69) is 17.3 Å². The lowest BCUT2D eigenvalue weighted by molar-refractivity contribution is -0.122. The number of aliphatic hydroxyl groups excluding tert-OH is 1. The highest BCUT2D eigenvalue weighted by molar-refractivity contribution is 5.76. The second-order valence-corrected chi connectivity index (χ2v) is 6.57. The van der Waals surface area contributed by atoms with E-state index in [-0.39, 0.29) is 17.4 Å². The van der Waals surface area contributed by atoms with Crippen LogP contribution in [0.25, 0.3) is 0 Å². The monoisotopic (exact) mass is 293 g/mol. The maximum atomic E-state index is 12.0. The van der Waals surface area contributed by atoms with E-state index in [0.717, 1.165) is 36.9 Å². The van der Waals surface area contributed by atoms with Gasteiger partial charge in [-0.1, -0.05) is 19.8 Å². The fraction of sp³-hybridized carbons (Fsp3) is 0.750. The van der Waals surface area contributed by atoms with Crippen LogP contribution in [0.15, 0.2) is 6.20 Å². The lowest BCUT2D eigenvalue weighted by Gasteiger charge is -2.38. The quantitative estimate of drug-likeness (QED) is 0.868. The summed E-state index contributed by atoms with van der Waals surface area (Å²) in [6, 6.07) is 0. The highest BCUT2D eigenvalue weighted by Gasteiger charge is 2.35. The molecule has 5 heteroatoms. The van der Waals surface area contributed by atoms with Gasteiger partial charge in [-0.25, -0.2) is 0 Å². The van der Waals surface area contributed by atoms with Crippen molar-refractivity contribution in [3.05, 3.63) is 17.5 Å². The van der Waals surface area contributed by atoms with Crippen molar-refractivity contribution in [2.45, 2.75) is 58.5 Å². The Kier molecular flexibility index (Phi) is 5.04. The molecule has 0 aliphatic heterocycles. The van der Waals surface area contributed by atoms with Crippen molar-refractivity contribution in [2.75, 3.05) is 6.54 Å². The van der Waals surface area contributed by atoms with Gasteiger partial charge in [0, 0.05) is 31.1 Å². The Hall–Kier alpha value is -1.36. The molecule has 118 valence electrons. The first kappa shape index (κ1) is 16.0. The summed E-state index contributed by atoms with van der Waals surface area (Å²) in [6.07, 6.45) is 6.77. The Morgan fingerprint density at radius 3 is 2.95 bits per heavy atom. The molecule has 1 saturated carbocycles. The van der Waals surface area contributed by atoms with E-state index in [0.29, 0.717) is 19.4 Å². The smallest absolute Gasteiger partial charge is 0.220 e. The first-order valence-electron chi connectivity index (χ1n) is 7.84. The van der Waals surface area contributed by atoms with Crippen LogP contribution < -0.4 is 5.32 Å². The number of rotatable bonds is 5. The molecule has 5 nitrogen and oxygen atoms in total. The van der Waals surface area contributed by atoms with Crippen molar-refractivity contribution in [3.63, 3.8) is 0 Å². The van der Waals surface area contributed by atoms with Crippen molar-refractivity contribution in [2.24, 2.45) is 12.5 Å². The summed E-state index contributed by atoms with van der Waals surface area (Å²) < 4.78 is 1.83. The second-order valence-electron chi connectivity index (χ2n) is 6.57. The molecule has 0 aromatic carbocycles. The molecular formula is C16H27N3O2. The number of nitrogens with zero attached hydrogens (tertiary/aromatic N) is 2. The topological polar surface area (TPSA) is 67.2 Å². The largest absolute Gasteiger partial charge is 0.392 e. The maximum absolute atomic E-state index is 12.0. The molecular weight excluding hydrogens is 266 g/mol. The Labute approximate surface area is 126 Å². The van der Waals surface area contributed by atoms with E-state index in [1.807, 2.05) is 24.9 Å². The molecule has 0 spiro atoms. The minimum Gasteiger partial charge on any atom is -0.392 e. The van der Waals surface area contributed by atoms with Crippen LogP contribution in [0.3, 0.4) is 0 Å². The van der Waals surface area contributed by atoms with Gasteiger partial charge in [0.05, 0.1) is 12.3 Å². The summed E-state index contributed by atoms with van der Waals surface area (Å²) in [4.78, 5) is 12.0. The zero-order chi connectivity index (χ0) is 15.5. The van der Waals surface area contributed by atoms with Crippen LogP contribution in [-0.4, -0.2) is 33.4 Å². The molecule has 2 atom stereocenters. The molecule has 2 N–H and O–H groups in total. The van der Waals surface area contributed by atoms with Crippen molar-refractivity contribution >= 4 is 5.91 Å². The molecule has 2 rings (SSSR count). The van der Waals surface area contributed by atoms with Gasteiger partial charge in [-0.05, 0) is 31.7 Å². The predicted molar refractivity (Wildman–Crippen MR) is 81.9 cm³/mol. The fourth-order valence-electron chi connectivity index (χ4n) is 3.01. The second kappa shape index (κ2) is 6.60. The molecule has 1 heterocycles. The SMILES string of the molecule is Cc1c(CCC(=O)NCC2(C)CCCCC2O)cnn1C. The molecule has 1 amide bonds. The van der Waals surface area contributed by atoms with Crippen LogP contribution in [0.1, 0.15) is 50.3 Å². The molecule has 1 aliphatic carbocycles. The Morgan fingerprint density at radius 1 is 1.57 bits per heavy atom. The van der Waals surface area contributed by atoms with Gasteiger partial charge < -0.3 is 10.4 Å². The minimum atomic E-state index is -0.299. The van der Waals surface area contributed by atoms with Crippen LogP contribution in [0, 0.1) is 12.3 Å². The summed E-state index contributed by atoms with van der Waals surface area (Å²) >= 11 is 0. The molecule has 0 saturated heterocycles. The highest BCUT2D eigenvalue weighted by Crippen LogP contribution is 2.35. The molecule has 1 aromatic rings. The number of aliphatic hydroxyl groups is 1. The molecule has 1 aromatic heterocycles. The minimum absolute atomic E-state index is 0.0530. The summed E-state index contributed by atoms with van der Waals surface area (Å²) in [5, 5.41) is 17.3. The van der Waals surface area contributed by atoms with E-state index < -0.39 is 0 Å². The number of carbonyl (C=O) groups excluding carboxylic acids is 1. The van der Waals surface area contributed by atoms with Crippen LogP contribution in [-0.2, 0) is 18.3 Å². The average Bonchev–Trinajstić information content (AvgIpc) is 2.78. The van der Waals surface area contributed by atoms with E-state index in [4.69, 9.17) is 0 Å². The Bertz CT molecular complexity index is 498. The molecule has 21 heavy (non-hydrogen) atoms. The fourth-order valence-corrected chi connectivity index (χ4v) is 3.01. The zero-order valence-corrected chi connectivity index (χ0v) is 13.4. The lowest BCUT2D eigenvalue weighted by atomic mass is 9.73. The van der Waals surface area contributed by atoms with Gasteiger partial charge in [-0.15, -0.1) is 0 Å². The number of hydrogen-bond donors (Lipinski definition) is 2. The average molecular weight is 293 g/mol. The number of carbonyl (C=O) groups is 1. The van der Waals surface area contributed by atoms with Gasteiger partial charge >= 0.3 is 0 Å². The molecule has 2 unspecified atom stereocenters. The zero-order valence-electron chi connectivity index (χ0n) is 13.4. The Morgan fingerprint density at radius 2 is 2.33 bits per heavy atom. The standard InChI is InChI=1S/C16H27N3O2/c1-12-13(10-18-19(12)3)7-8-15(21)17-11-16(2)9-5-4-6-14(16)20/h10,14,20H,4-9,11H2,1-3H3,(H,17,21). The molecule has 1 fully saturated rings. The first-order chi connectivity index (χ1) is 9.92. The predicted octanol–water partition coefficient (Wildman–Crippen LogP) is 1.72. The van der Waals surface area contributed by atoms with E-state index in [1.165, 1.54) is 0 Å². The summed E-state index contributed by atoms with van der Waals surface area (Å²) in [5.41, 5.74) is 2.06. The van der Waals surface area contributed by atoms with Gasteiger partial charge in [-0.2, -0.15) is 5.10 Å². The van der Waals surface area contributed by atoms with Crippen molar-refractivity contribution < 1.29 is 9.90 Å². The maximum Gasteiger partial charge on any atom is 0.220 e. The van der Waals surface area contributed by atoms with Crippen molar-refractivity contribution in [3.8, 4) is 0 Å². The number of aromatic nitrogens is 2. The van der Waals surface area contributed by atoms with Gasteiger partial charge in [0.1, 0.15) is 0 Å². The summed E-state index contributed by atoms with van der Waals surface area (Å²) in [7, 11) is 1.91. The van der Waals surface area contributed by atoms with Gasteiger partial charge in [0.15, 0.2) is 0 Å². The first-order valence-corrected chi connectivity index (χ1v) is 7.84. The summed E-state index contributed by atoms with van der Waals surface area (Å²) in [5.74, 6) is 0.0530. The van der Waals surface area contributed by atoms with Crippen LogP contribution in [0.2, 0.25) is 0 Å². The van der Waals surface area contributed by atoms with E-state index >= 15 is 0 Å². The number of nitrogens with one attached hydrogen (secondary N) is 1. The third-order valence-corrected chi connectivity index (χ3v) is 4.93. The summed E-state index contributed by atoms with van der Waals surface area (Å²) in [6.45, 7) is 4.65. The van der Waals surface area contributed by atoms with Gasteiger partial charge in [-0.3, -0.25) is 9.48 Å². The third-order valence-electron chi connectivity index (χ3n) is 4.93.